The molecule has 2 unspecified atom stereocenters. The molecular weight excluding hydrogens is 248 g/mol. The van der Waals surface area contributed by atoms with Crippen LogP contribution in [0.25, 0.3) is 0 Å². The molecule has 3 nitrogen and oxygen atoms in total. The predicted octanol–water partition coefficient (Wildman–Crippen LogP) is 2.35. The van der Waals surface area contributed by atoms with Crippen molar-refractivity contribution in [2.45, 2.75) is 43.8 Å². The molecule has 0 radical (unpaired) electrons. The van der Waals surface area contributed by atoms with E-state index in [0.717, 1.165) is 12.8 Å². The van der Waals surface area contributed by atoms with Crippen LogP contribution in [-0.2, 0) is 0 Å². The van der Waals surface area contributed by atoms with Crippen molar-refractivity contribution in [2.75, 3.05) is 0 Å². The number of amides is 1. The van der Waals surface area contributed by atoms with Gasteiger partial charge in [0.2, 0.25) is 0 Å². The summed E-state index contributed by atoms with van der Waals surface area (Å²) < 4.78 is 0. The topological polar surface area (TPSA) is 41.1 Å². The van der Waals surface area contributed by atoms with Crippen molar-refractivity contribution in [3.8, 4) is 0 Å². The van der Waals surface area contributed by atoms with Crippen molar-refractivity contribution in [1.82, 2.24) is 10.6 Å². The SMILES string of the molecule is O=C(NC1CC2CCC(C1)N2)c1ccccc1Cl. The van der Waals surface area contributed by atoms with Crippen LogP contribution in [0.2, 0.25) is 5.02 Å². The molecule has 2 heterocycles. The highest BCUT2D eigenvalue weighted by Gasteiger charge is 2.34. The zero-order chi connectivity index (χ0) is 12.5. The molecule has 3 rings (SSSR count). The maximum atomic E-state index is 12.2. The Morgan fingerprint density at radius 3 is 2.56 bits per heavy atom. The number of piperidine rings is 1. The Morgan fingerprint density at radius 1 is 1.22 bits per heavy atom. The van der Waals surface area contributed by atoms with Gasteiger partial charge in [-0.3, -0.25) is 4.79 Å². The van der Waals surface area contributed by atoms with Gasteiger partial charge in [0.15, 0.2) is 0 Å². The van der Waals surface area contributed by atoms with E-state index in [2.05, 4.69) is 10.6 Å². The summed E-state index contributed by atoms with van der Waals surface area (Å²) >= 11 is 6.03. The summed E-state index contributed by atoms with van der Waals surface area (Å²) in [7, 11) is 0. The Morgan fingerprint density at radius 2 is 1.89 bits per heavy atom. The summed E-state index contributed by atoms with van der Waals surface area (Å²) in [6, 6.07) is 8.65. The maximum Gasteiger partial charge on any atom is 0.253 e. The van der Waals surface area contributed by atoms with Crippen molar-refractivity contribution < 1.29 is 4.79 Å². The van der Waals surface area contributed by atoms with E-state index in [4.69, 9.17) is 11.6 Å². The molecule has 18 heavy (non-hydrogen) atoms. The molecule has 1 amide bonds. The quantitative estimate of drug-likeness (QED) is 0.861. The summed E-state index contributed by atoms with van der Waals surface area (Å²) in [5, 5.41) is 7.20. The van der Waals surface area contributed by atoms with Gasteiger partial charge in [-0.2, -0.15) is 0 Å². The summed E-state index contributed by atoms with van der Waals surface area (Å²) in [5.41, 5.74) is 0.574. The number of nitrogens with one attached hydrogen (secondary N) is 2. The number of halogens is 1. The first kappa shape index (κ1) is 12.0. The Kier molecular flexibility index (Phi) is 3.27. The van der Waals surface area contributed by atoms with Crippen molar-refractivity contribution in [3.63, 3.8) is 0 Å². The normalized spacial score (nSPS) is 30.2. The second-order valence-corrected chi connectivity index (χ2v) is 5.67. The van der Waals surface area contributed by atoms with Gasteiger partial charge in [0.05, 0.1) is 10.6 Å². The molecule has 0 aliphatic carbocycles. The van der Waals surface area contributed by atoms with Crippen LogP contribution < -0.4 is 10.6 Å². The van der Waals surface area contributed by atoms with Crippen LogP contribution in [0.1, 0.15) is 36.0 Å². The predicted molar refractivity (Wildman–Crippen MR) is 71.9 cm³/mol. The van der Waals surface area contributed by atoms with Crippen LogP contribution in [0.15, 0.2) is 24.3 Å². The summed E-state index contributed by atoms with van der Waals surface area (Å²) in [5.74, 6) is -0.0492. The monoisotopic (exact) mass is 264 g/mol. The van der Waals surface area contributed by atoms with Crippen LogP contribution in [0.4, 0.5) is 0 Å². The fourth-order valence-corrected chi connectivity index (χ4v) is 3.31. The summed E-state index contributed by atoms with van der Waals surface area (Å²) in [4.78, 5) is 12.2. The van der Waals surface area contributed by atoms with Gasteiger partial charge in [-0.05, 0) is 37.8 Å². The number of hydrogen-bond acceptors (Lipinski definition) is 2. The van der Waals surface area contributed by atoms with Gasteiger partial charge < -0.3 is 10.6 Å². The third kappa shape index (κ3) is 2.38. The first-order valence-corrected chi connectivity index (χ1v) is 6.91. The molecule has 1 aromatic carbocycles. The highest BCUT2D eigenvalue weighted by Crippen LogP contribution is 2.27. The first-order chi connectivity index (χ1) is 8.72. The standard InChI is InChI=1S/C14H17ClN2O/c15-13-4-2-1-3-12(13)14(18)17-11-7-9-5-6-10(8-11)16-9/h1-4,9-11,16H,5-8H2,(H,17,18). The molecule has 2 atom stereocenters. The van der Waals surface area contributed by atoms with Gasteiger partial charge in [0.1, 0.15) is 0 Å². The van der Waals surface area contributed by atoms with Crippen LogP contribution in [-0.4, -0.2) is 24.0 Å². The molecule has 2 bridgehead atoms. The Hall–Kier alpha value is -1.06. The smallest absolute Gasteiger partial charge is 0.253 e. The number of fused-ring (bicyclic) bond motifs is 2. The number of benzene rings is 1. The molecular formula is C14H17ClN2O. The molecule has 0 saturated carbocycles. The highest BCUT2D eigenvalue weighted by atomic mass is 35.5. The Balaban J connectivity index is 1.66. The fraction of sp³-hybridized carbons (Fsp3) is 0.500. The number of carbonyl (C=O) groups is 1. The van der Waals surface area contributed by atoms with Crippen molar-refractivity contribution >= 4 is 17.5 Å². The molecule has 2 aliphatic heterocycles. The van der Waals surface area contributed by atoms with Crippen LogP contribution in [0, 0.1) is 0 Å². The first-order valence-electron chi connectivity index (χ1n) is 6.54. The lowest BCUT2D eigenvalue weighted by molar-refractivity contribution is 0.0924. The average Bonchev–Trinajstić information content (AvgIpc) is 2.69. The number of rotatable bonds is 2. The Labute approximate surface area is 112 Å². The van der Waals surface area contributed by atoms with Crippen molar-refractivity contribution in [1.29, 1.82) is 0 Å². The third-order valence-corrected chi connectivity index (χ3v) is 4.26. The van der Waals surface area contributed by atoms with E-state index in [-0.39, 0.29) is 11.9 Å². The molecule has 2 fully saturated rings. The average molecular weight is 265 g/mol. The number of carbonyl (C=O) groups excluding carboxylic acids is 1. The molecule has 0 aromatic heterocycles. The van der Waals surface area contributed by atoms with Crippen LogP contribution >= 0.6 is 11.6 Å². The van der Waals surface area contributed by atoms with Crippen LogP contribution in [0.5, 0.6) is 0 Å². The van der Waals surface area contributed by atoms with E-state index in [1.807, 2.05) is 12.1 Å². The summed E-state index contributed by atoms with van der Waals surface area (Å²) in [6.07, 6.45) is 4.55. The maximum absolute atomic E-state index is 12.2. The second-order valence-electron chi connectivity index (χ2n) is 5.26. The van der Waals surface area contributed by atoms with E-state index in [0.29, 0.717) is 22.7 Å². The van der Waals surface area contributed by atoms with Crippen molar-refractivity contribution in [3.05, 3.63) is 34.9 Å². The lowest BCUT2D eigenvalue weighted by Gasteiger charge is -2.29. The van der Waals surface area contributed by atoms with Crippen LogP contribution in [0.3, 0.4) is 0 Å². The molecule has 2 N–H and O–H groups in total. The minimum atomic E-state index is -0.0492. The van der Waals surface area contributed by atoms with Gasteiger partial charge in [0.25, 0.3) is 5.91 Å². The lowest BCUT2D eigenvalue weighted by atomic mass is 9.99. The zero-order valence-electron chi connectivity index (χ0n) is 10.2. The minimum absolute atomic E-state index is 0.0492. The van der Waals surface area contributed by atoms with Crippen molar-refractivity contribution in [2.24, 2.45) is 0 Å². The van der Waals surface area contributed by atoms with E-state index in [1.165, 1.54) is 12.8 Å². The third-order valence-electron chi connectivity index (χ3n) is 3.93. The van der Waals surface area contributed by atoms with Gasteiger partial charge in [-0.1, -0.05) is 23.7 Å². The van der Waals surface area contributed by atoms with Gasteiger partial charge in [-0.15, -0.1) is 0 Å². The van der Waals surface area contributed by atoms with E-state index >= 15 is 0 Å². The molecule has 1 aromatic rings. The van der Waals surface area contributed by atoms with E-state index < -0.39 is 0 Å². The molecule has 2 saturated heterocycles. The molecule has 4 heteroatoms. The van der Waals surface area contributed by atoms with E-state index in [9.17, 15) is 4.79 Å². The molecule has 2 aliphatic rings. The summed E-state index contributed by atoms with van der Waals surface area (Å²) in [6.45, 7) is 0. The lowest BCUT2D eigenvalue weighted by Crippen LogP contribution is -2.48. The highest BCUT2D eigenvalue weighted by molar-refractivity contribution is 6.33. The fourth-order valence-electron chi connectivity index (χ4n) is 3.08. The Bertz CT molecular complexity index is 451. The largest absolute Gasteiger partial charge is 0.349 e. The molecule has 0 spiro atoms. The number of hydrogen-bond donors (Lipinski definition) is 2. The van der Waals surface area contributed by atoms with Gasteiger partial charge >= 0.3 is 0 Å². The zero-order valence-corrected chi connectivity index (χ0v) is 10.9. The second kappa shape index (κ2) is 4.90. The van der Waals surface area contributed by atoms with E-state index in [1.54, 1.807) is 12.1 Å². The molecule has 96 valence electrons. The van der Waals surface area contributed by atoms with Gasteiger partial charge in [-0.25, -0.2) is 0 Å². The minimum Gasteiger partial charge on any atom is -0.349 e. The van der Waals surface area contributed by atoms with Gasteiger partial charge in [0, 0.05) is 18.1 Å².